The summed E-state index contributed by atoms with van der Waals surface area (Å²) in [6, 6.07) is 108. The van der Waals surface area contributed by atoms with E-state index in [0.29, 0.717) is 17.5 Å². The number of hydrogen-bond donors (Lipinski definition) is 0. The van der Waals surface area contributed by atoms with Crippen LogP contribution in [0, 0.1) is 0 Å². The lowest BCUT2D eigenvalue weighted by Gasteiger charge is -2.22. The second-order valence-electron chi connectivity index (χ2n) is 19.9. The van der Waals surface area contributed by atoms with Crippen LogP contribution in [0.5, 0.6) is 0 Å². The smallest absolute Gasteiger partial charge is 0.164 e. The molecule has 0 saturated carbocycles. The molecule has 370 valence electrons. The van der Waals surface area contributed by atoms with E-state index in [0.717, 1.165) is 111 Å². The molecule has 0 amide bonds. The van der Waals surface area contributed by atoms with Gasteiger partial charge < -0.3 is 4.57 Å². The molecule has 12 aromatic carbocycles. The van der Waals surface area contributed by atoms with Crippen LogP contribution in [-0.4, -0.2) is 19.5 Å². The molecule has 0 aliphatic rings. The van der Waals surface area contributed by atoms with Crippen LogP contribution in [0.15, 0.2) is 303 Å². The van der Waals surface area contributed by atoms with Crippen LogP contribution in [0.3, 0.4) is 0 Å². The van der Waals surface area contributed by atoms with E-state index in [1.807, 2.05) is 12.1 Å². The fourth-order valence-electron chi connectivity index (χ4n) is 11.2. The molecule has 14 rings (SSSR count). The van der Waals surface area contributed by atoms with E-state index in [2.05, 4.69) is 296 Å². The van der Waals surface area contributed by atoms with E-state index in [9.17, 15) is 0 Å². The molecule has 0 unspecified atom stereocenters. The monoisotopic (exact) mass is 1010 g/mol. The van der Waals surface area contributed by atoms with Gasteiger partial charge in [0.05, 0.1) is 16.7 Å². The zero-order valence-electron chi connectivity index (χ0n) is 43.2. The second-order valence-corrected chi connectivity index (χ2v) is 19.9. The Morgan fingerprint density at radius 1 is 0.203 bits per heavy atom. The zero-order chi connectivity index (χ0) is 52.5. The number of rotatable bonds is 11. The molecule has 2 heterocycles. The molecule has 2 aromatic heterocycles. The van der Waals surface area contributed by atoms with Crippen LogP contribution in [0.4, 0.5) is 0 Å². The highest BCUT2D eigenvalue weighted by Crippen LogP contribution is 2.48. The maximum absolute atomic E-state index is 5.43. The number of benzene rings is 12. The summed E-state index contributed by atoms with van der Waals surface area (Å²) in [4.78, 5) is 16.1. The Morgan fingerprint density at radius 2 is 0.494 bits per heavy atom. The van der Waals surface area contributed by atoms with Gasteiger partial charge in [-0.15, -0.1) is 0 Å². The van der Waals surface area contributed by atoms with Crippen molar-refractivity contribution in [2.75, 3.05) is 0 Å². The van der Waals surface area contributed by atoms with E-state index in [-0.39, 0.29) is 0 Å². The van der Waals surface area contributed by atoms with Crippen molar-refractivity contribution in [1.29, 1.82) is 0 Å². The topological polar surface area (TPSA) is 43.6 Å². The third kappa shape index (κ3) is 9.07. The molecule has 0 aliphatic heterocycles. The molecule has 0 saturated heterocycles. The summed E-state index contributed by atoms with van der Waals surface area (Å²) >= 11 is 0. The van der Waals surface area contributed by atoms with Crippen LogP contribution in [-0.2, 0) is 0 Å². The van der Waals surface area contributed by atoms with Gasteiger partial charge >= 0.3 is 0 Å². The van der Waals surface area contributed by atoms with E-state index < -0.39 is 0 Å². The van der Waals surface area contributed by atoms with Gasteiger partial charge in [-0.05, 0) is 97.6 Å². The van der Waals surface area contributed by atoms with Crippen molar-refractivity contribution in [2.24, 2.45) is 0 Å². The molecule has 14 aromatic rings. The SMILES string of the molecule is c1ccc(-c2ccc(-c3nc(-c4ccc(-c5ccccc5)cc4)nc(-c4cc(-c5ccccc5)c(-n5c6ccc(-c7ccccc7)cc6c6cc(-c7ccccc7)cc(-c7ccccc7)c65)c(-c5ccccc5)c4)n3)cc2)cc1. The lowest BCUT2D eigenvalue weighted by Crippen LogP contribution is -2.04. The fourth-order valence-corrected chi connectivity index (χ4v) is 11.2. The third-order valence-corrected chi connectivity index (χ3v) is 15.1. The van der Waals surface area contributed by atoms with Crippen molar-refractivity contribution in [3.05, 3.63) is 303 Å². The zero-order valence-corrected chi connectivity index (χ0v) is 43.2. The first kappa shape index (κ1) is 46.9. The number of nitrogens with zero attached hydrogens (tertiary/aromatic N) is 4. The van der Waals surface area contributed by atoms with Gasteiger partial charge in [0.1, 0.15) is 0 Å². The van der Waals surface area contributed by atoms with E-state index >= 15 is 0 Å². The van der Waals surface area contributed by atoms with Gasteiger partial charge in [0.15, 0.2) is 17.5 Å². The molecule has 0 spiro atoms. The highest BCUT2D eigenvalue weighted by Gasteiger charge is 2.26. The van der Waals surface area contributed by atoms with Crippen molar-refractivity contribution >= 4 is 21.8 Å². The van der Waals surface area contributed by atoms with Crippen molar-refractivity contribution in [1.82, 2.24) is 19.5 Å². The van der Waals surface area contributed by atoms with Crippen molar-refractivity contribution < 1.29 is 0 Å². The van der Waals surface area contributed by atoms with Gasteiger partial charge in [0, 0.05) is 44.2 Å². The summed E-state index contributed by atoms with van der Waals surface area (Å²) in [5.74, 6) is 1.76. The van der Waals surface area contributed by atoms with Crippen LogP contribution in [0.1, 0.15) is 0 Å². The van der Waals surface area contributed by atoms with Gasteiger partial charge in [0.2, 0.25) is 0 Å². The Bertz CT molecular complexity index is 4290. The van der Waals surface area contributed by atoms with Crippen molar-refractivity contribution in [3.63, 3.8) is 0 Å². The Kier molecular flexibility index (Phi) is 12.2. The largest absolute Gasteiger partial charge is 0.307 e. The van der Waals surface area contributed by atoms with Crippen LogP contribution in [0.2, 0.25) is 0 Å². The highest BCUT2D eigenvalue weighted by atomic mass is 15.0. The highest BCUT2D eigenvalue weighted by molar-refractivity contribution is 6.17. The molecular formula is C75H50N4. The first-order valence-corrected chi connectivity index (χ1v) is 26.8. The van der Waals surface area contributed by atoms with Gasteiger partial charge in [-0.2, -0.15) is 0 Å². The normalized spacial score (nSPS) is 11.3. The van der Waals surface area contributed by atoms with Gasteiger partial charge in [-0.1, -0.05) is 267 Å². The molecule has 0 N–H and O–H groups in total. The third-order valence-electron chi connectivity index (χ3n) is 15.1. The number of aromatic nitrogens is 4. The van der Waals surface area contributed by atoms with Crippen LogP contribution in [0.25, 0.3) is 140 Å². The fraction of sp³-hybridized carbons (Fsp3) is 0. The molecule has 0 aliphatic carbocycles. The first-order valence-electron chi connectivity index (χ1n) is 26.8. The molecule has 0 radical (unpaired) electrons. The van der Waals surface area contributed by atoms with Gasteiger partial charge in [-0.25, -0.2) is 15.0 Å². The van der Waals surface area contributed by atoms with Gasteiger partial charge in [0.25, 0.3) is 0 Å². The summed E-state index contributed by atoms with van der Waals surface area (Å²) in [6.07, 6.45) is 0. The van der Waals surface area contributed by atoms with E-state index in [1.54, 1.807) is 0 Å². The summed E-state index contributed by atoms with van der Waals surface area (Å²) in [7, 11) is 0. The Morgan fingerprint density at radius 3 is 0.911 bits per heavy atom. The quantitative estimate of drug-likeness (QED) is 0.130. The Hall–Kier alpha value is -10.6. The second kappa shape index (κ2) is 20.5. The summed E-state index contributed by atoms with van der Waals surface area (Å²) in [5, 5.41) is 2.33. The molecule has 79 heavy (non-hydrogen) atoms. The maximum Gasteiger partial charge on any atom is 0.164 e. The Balaban J connectivity index is 1.06. The maximum atomic E-state index is 5.43. The molecule has 0 bridgehead atoms. The first-order chi connectivity index (χ1) is 39.2. The summed E-state index contributed by atoms with van der Waals surface area (Å²) < 4.78 is 2.54. The Labute approximate surface area is 460 Å². The summed E-state index contributed by atoms with van der Waals surface area (Å²) in [5.41, 5.74) is 21.6. The molecule has 4 nitrogen and oxygen atoms in total. The minimum absolute atomic E-state index is 0.576. The molecule has 4 heteroatoms. The standard InChI is InChI=1S/C75H50N4/c1-8-22-51(23-9-1)55-36-40-60(41-37-55)73-76-74(61-42-38-56(39-43-61)52-24-10-2-11-25-52)78-75(77-73)64-49-66(58-32-18-6-19-33-58)71(67(50-64)59-34-20-7-21-35-59)79-70-45-44-62(53-26-12-3-13-27-53)46-68(70)69-48-63(54-28-14-4-15-29-54)47-65(72(69)79)57-30-16-5-17-31-57/h1-50H. The molecule has 0 atom stereocenters. The van der Waals surface area contributed by atoms with Crippen LogP contribution >= 0.6 is 0 Å². The number of hydrogen-bond acceptors (Lipinski definition) is 3. The molecule has 0 fully saturated rings. The lowest BCUT2D eigenvalue weighted by atomic mass is 9.92. The van der Waals surface area contributed by atoms with Crippen molar-refractivity contribution in [2.45, 2.75) is 0 Å². The predicted octanol–water partition coefficient (Wildman–Crippen LogP) is 19.6. The van der Waals surface area contributed by atoms with E-state index in [4.69, 9.17) is 15.0 Å². The average molecular weight is 1010 g/mol. The minimum Gasteiger partial charge on any atom is -0.307 e. The number of fused-ring (bicyclic) bond motifs is 3. The van der Waals surface area contributed by atoms with Gasteiger partial charge in [-0.3, -0.25) is 0 Å². The minimum atomic E-state index is 0.576. The molecular weight excluding hydrogens is 957 g/mol. The van der Waals surface area contributed by atoms with Crippen molar-refractivity contribution in [3.8, 4) is 118 Å². The van der Waals surface area contributed by atoms with E-state index in [1.165, 1.54) is 10.9 Å². The average Bonchev–Trinajstić information content (AvgIpc) is 3.87. The predicted molar refractivity (Wildman–Crippen MR) is 329 cm³/mol. The van der Waals surface area contributed by atoms with Crippen LogP contribution < -0.4 is 0 Å². The summed E-state index contributed by atoms with van der Waals surface area (Å²) in [6.45, 7) is 0. The lowest BCUT2D eigenvalue weighted by molar-refractivity contribution is 1.07.